The average molecular weight is 455 g/mol. The number of nitrogens with one attached hydrogen (secondary N) is 1. The Morgan fingerprint density at radius 3 is 2.39 bits per heavy atom. The van der Waals surface area contributed by atoms with E-state index < -0.39 is 29.0 Å². The van der Waals surface area contributed by atoms with Crippen LogP contribution in [-0.4, -0.2) is 29.1 Å². The first-order valence-corrected chi connectivity index (χ1v) is 10.9. The van der Waals surface area contributed by atoms with Crippen LogP contribution in [0.15, 0.2) is 36.4 Å². The van der Waals surface area contributed by atoms with Crippen LogP contribution in [0.3, 0.4) is 0 Å². The van der Waals surface area contributed by atoms with Crippen molar-refractivity contribution in [3.63, 3.8) is 0 Å². The van der Waals surface area contributed by atoms with Gasteiger partial charge in [-0.25, -0.2) is 27.5 Å². The highest BCUT2D eigenvalue weighted by Crippen LogP contribution is 2.43. The van der Waals surface area contributed by atoms with Crippen LogP contribution in [0.4, 0.5) is 29.2 Å². The molecule has 1 saturated carbocycles. The number of benzene rings is 2. The third-order valence-electron chi connectivity index (χ3n) is 6.29. The summed E-state index contributed by atoms with van der Waals surface area (Å²) < 4.78 is 57.4. The summed E-state index contributed by atoms with van der Waals surface area (Å²) >= 11 is 0. The quantitative estimate of drug-likeness (QED) is 0.525. The van der Waals surface area contributed by atoms with Crippen LogP contribution in [0.2, 0.25) is 0 Å². The lowest BCUT2D eigenvalue weighted by Gasteiger charge is -2.37. The number of hydrogen-bond donors (Lipinski definition) is 1. The first kappa shape index (κ1) is 21.4. The first-order chi connectivity index (χ1) is 15.8. The third kappa shape index (κ3) is 4.17. The molecule has 0 unspecified atom stereocenters. The van der Waals surface area contributed by atoms with Crippen molar-refractivity contribution in [1.29, 1.82) is 5.26 Å². The standard InChI is InChI=1S/C24H21F4N5/c25-16-2-5-18(19(26)12-16)24(27,28)15-7-9-33(10-8-15)23-22(30-17-3-4-17)31-20-6-1-14(13-29)11-21(20)32-23/h1-2,5-6,11-12,15,17H,3-4,7-10H2,(H,30,31). The molecule has 1 aromatic heterocycles. The van der Waals surface area contributed by atoms with Crippen LogP contribution in [-0.2, 0) is 5.92 Å². The summed E-state index contributed by atoms with van der Waals surface area (Å²) in [5.41, 5.74) is 0.902. The average Bonchev–Trinajstić information content (AvgIpc) is 3.62. The van der Waals surface area contributed by atoms with Crippen LogP contribution < -0.4 is 10.2 Å². The molecule has 33 heavy (non-hydrogen) atoms. The minimum Gasteiger partial charge on any atom is -0.364 e. The molecule has 9 heteroatoms. The topological polar surface area (TPSA) is 64.8 Å². The number of nitriles is 1. The van der Waals surface area contributed by atoms with E-state index in [1.165, 1.54) is 0 Å². The van der Waals surface area contributed by atoms with Gasteiger partial charge < -0.3 is 10.2 Å². The van der Waals surface area contributed by atoms with E-state index in [4.69, 9.17) is 4.98 Å². The van der Waals surface area contributed by atoms with Gasteiger partial charge in [0, 0.05) is 31.1 Å². The van der Waals surface area contributed by atoms with E-state index in [1.54, 1.807) is 18.2 Å². The van der Waals surface area contributed by atoms with Gasteiger partial charge in [-0.05, 0) is 56.0 Å². The van der Waals surface area contributed by atoms with E-state index in [0.717, 1.165) is 25.0 Å². The third-order valence-corrected chi connectivity index (χ3v) is 6.29. The number of alkyl halides is 2. The van der Waals surface area contributed by atoms with Gasteiger partial charge in [0.15, 0.2) is 11.6 Å². The molecule has 2 aliphatic rings. The number of piperidine rings is 1. The summed E-state index contributed by atoms with van der Waals surface area (Å²) in [5, 5.41) is 12.6. The normalized spacial score (nSPS) is 17.2. The van der Waals surface area contributed by atoms with E-state index in [1.807, 2.05) is 4.90 Å². The van der Waals surface area contributed by atoms with Crippen molar-refractivity contribution in [2.45, 2.75) is 37.6 Å². The van der Waals surface area contributed by atoms with Gasteiger partial charge in [0.05, 0.1) is 28.2 Å². The molecule has 0 spiro atoms. The van der Waals surface area contributed by atoms with Crippen molar-refractivity contribution < 1.29 is 17.6 Å². The Kier molecular flexibility index (Phi) is 5.31. The molecular formula is C24H21F4N5. The molecule has 1 aliphatic heterocycles. The van der Waals surface area contributed by atoms with Crippen LogP contribution in [0.1, 0.15) is 36.8 Å². The Labute approximate surface area is 188 Å². The maximum absolute atomic E-state index is 15.1. The molecule has 2 fully saturated rings. The Morgan fingerprint density at radius 2 is 1.73 bits per heavy atom. The van der Waals surface area contributed by atoms with Crippen molar-refractivity contribution >= 4 is 22.7 Å². The SMILES string of the molecule is N#Cc1ccc2nc(NC3CC3)c(N3CCC(C(F)(F)c4ccc(F)cc4F)CC3)nc2c1. The number of rotatable bonds is 5. The molecule has 1 saturated heterocycles. The summed E-state index contributed by atoms with van der Waals surface area (Å²) in [6, 6.07) is 9.67. The van der Waals surface area contributed by atoms with Crippen LogP contribution in [0, 0.1) is 28.9 Å². The minimum absolute atomic E-state index is 0.116. The molecule has 0 radical (unpaired) electrons. The van der Waals surface area contributed by atoms with Crippen LogP contribution in [0.5, 0.6) is 0 Å². The molecule has 0 bridgehead atoms. The maximum Gasteiger partial charge on any atom is 0.278 e. The lowest BCUT2D eigenvalue weighted by molar-refractivity contribution is -0.0761. The molecular weight excluding hydrogens is 434 g/mol. The second-order valence-electron chi connectivity index (χ2n) is 8.64. The van der Waals surface area contributed by atoms with Gasteiger partial charge in [-0.2, -0.15) is 5.26 Å². The van der Waals surface area contributed by atoms with Crippen molar-refractivity contribution in [3.8, 4) is 6.07 Å². The smallest absolute Gasteiger partial charge is 0.278 e. The van der Waals surface area contributed by atoms with Crippen molar-refractivity contribution in [1.82, 2.24) is 9.97 Å². The zero-order valence-corrected chi connectivity index (χ0v) is 17.7. The Hall–Kier alpha value is -3.41. The Bertz CT molecular complexity index is 1240. The van der Waals surface area contributed by atoms with Gasteiger partial charge in [-0.3, -0.25) is 0 Å². The van der Waals surface area contributed by atoms with E-state index in [9.17, 15) is 14.0 Å². The highest BCUT2D eigenvalue weighted by Gasteiger charge is 2.45. The molecule has 3 aromatic rings. The summed E-state index contributed by atoms with van der Waals surface area (Å²) in [4.78, 5) is 11.3. The second kappa shape index (κ2) is 8.18. The number of nitrogens with zero attached hydrogens (tertiary/aromatic N) is 4. The molecule has 5 rings (SSSR count). The minimum atomic E-state index is -3.41. The molecule has 170 valence electrons. The van der Waals surface area contributed by atoms with Gasteiger partial charge in [0.2, 0.25) is 0 Å². The largest absolute Gasteiger partial charge is 0.364 e. The molecule has 5 nitrogen and oxygen atoms in total. The monoisotopic (exact) mass is 455 g/mol. The van der Waals surface area contributed by atoms with Gasteiger partial charge in [0.25, 0.3) is 5.92 Å². The van der Waals surface area contributed by atoms with Crippen molar-refractivity contribution in [3.05, 3.63) is 59.2 Å². The second-order valence-corrected chi connectivity index (χ2v) is 8.64. The number of halogens is 4. The molecule has 2 aromatic carbocycles. The van der Waals surface area contributed by atoms with Crippen LogP contribution in [0.25, 0.3) is 11.0 Å². The van der Waals surface area contributed by atoms with Gasteiger partial charge in [0.1, 0.15) is 11.6 Å². The number of anilines is 2. The number of fused-ring (bicyclic) bond motifs is 1. The molecule has 1 N–H and O–H groups in total. The molecule has 0 amide bonds. The first-order valence-electron chi connectivity index (χ1n) is 10.9. The van der Waals surface area contributed by atoms with Crippen molar-refractivity contribution in [2.75, 3.05) is 23.3 Å². The summed E-state index contributed by atoms with van der Waals surface area (Å²) in [7, 11) is 0. The Balaban J connectivity index is 1.40. The maximum atomic E-state index is 15.1. The van der Waals surface area contributed by atoms with Crippen molar-refractivity contribution in [2.24, 2.45) is 5.92 Å². The highest BCUT2D eigenvalue weighted by atomic mass is 19.3. The predicted molar refractivity (Wildman–Crippen MR) is 116 cm³/mol. The zero-order valence-electron chi connectivity index (χ0n) is 17.7. The van der Waals surface area contributed by atoms with Gasteiger partial charge in [-0.15, -0.1) is 0 Å². The highest BCUT2D eigenvalue weighted by molar-refractivity contribution is 5.82. The van der Waals surface area contributed by atoms with Gasteiger partial charge in [-0.1, -0.05) is 0 Å². The fraction of sp³-hybridized carbons (Fsp3) is 0.375. The number of hydrogen-bond acceptors (Lipinski definition) is 5. The zero-order chi connectivity index (χ0) is 23.2. The summed E-state index contributed by atoms with van der Waals surface area (Å²) in [6.45, 7) is 0.584. The summed E-state index contributed by atoms with van der Waals surface area (Å²) in [5.74, 6) is -5.43. The lowest BCUT2D eigenvalue weighted by Crippen LogP contribution is -2.40. The predicted octanol–water partition coefficient (Wildman–Crippen LogP) is 5.36. The fourth-order valence-corrected chi connectivity index (χ4v) is 4.29. The van der Waals surface area contributed by atoms with Gasteiger partial charge >= 0.3 is 0 Å². The Morgan fingerprint density at radius 1 is 0.970 bits per heavy atom. The molecule has 1 aliphatic carbocycles. The van der Waals surface area contributed by atoms with E-state index in [0.29, 0.717) is 53.4 Å². The van der Waals surface area contributed by atoms with Crippen LogP contribution >= 0.6 is 0 Å². The van der Waals surface area contributed by atoms with E-state index in [-0.39, 0.29) is 12.8 Å². The number of aromatic nitrogens is 2. The van der Waals surface area contributed by atoms with E-state index in [2.05, 4.69) is 16.4 Å². The molecule has 2 heterocycles. The lowest BCUT2D eigenvalue weighted by atomic mass is 9.86. The summed E-state index contributed by atoms with van der Waals surface area (Å²) in [6.07, 6.45) is 2.30. The van der Waals surface area contributed by atoms with E-state index >= 15 is 8.78 Å². The molecule has 0 atom stereocenters. The fourth-order valence-electron chi connectivity index (χ4n) is 4.29.